The molecule has 4 aromatic rings. The second-order valence-electron chi connectivity index (χ2n) is 11.0. The smallest absolute Gasteiger partial charge is 0.452 e. The molecular weight excluding hydrogens is 619 g/mol. The molecule has 9 nitrogen and oxygen atoms in total. The number of alkyl halides is 5. The number of fused-ring (bicyclic) bond motifs is 2. The van der Waals surface area contributed by atoms with E-state index in [1.165, 1.54) is 30.3 Å². The van der Waals surface area contributed by atoms with Gasteiger partial charge in [0.25, 0.3) is 5.92 Å². The van der Waals surface area contributed by atoms with Gasteiger partial charge in [-0.2, -0.15) is 13.2 Å². The molecule has 3 aromatic heterocycles. The lowest BCUT2D eigenvalue weighted by molar-refractivity contribution is -0.145. The van der Waals surface area contributed by atoms with E-state index in [0.717, 1.165) is 15.5 Å². The van der Waals surface area contributed by atoms with Gasteiger partial charge in [0.1, 0.15) is 16.8 Å². The highest BCUT2D eigenvalue weighted by Gasteiger charge is 2.38. The van der Waals surface area contributed by atoms with Crippen LogP contribution in [-0.4, -0.2) is 64.7 Å². The Kier molecular flexibility index (Phi) is 8.95. The number of carboxylic acids is 1. The van der Waals surface area contributed by atoms with Gasteiger partial charge in [0.2, 0.25) is 5.82 Å². The molecule has 1 N–H and O–H groups in total. The van der Waals surface area contributed by atoms with Crippen LogP contribution in [0, 0.1) is 13.8 Å². The van der Waals surface area contributed by atoms with Gasteiger partial charge in [0, 0.05) is 44.4 Å². The molecule has 2 atom stereocenters. The van der Waals surface area contributed by atoms with Gasteiger partial charge in [-0.15, -0.1) is 10.2 Å². The van der Waals surface area contributed by atoms with Crippen LogP contribution in [0.2, 0.25) is 0 Å². The average Bonchev–Trinajstić information content (AvgIpc) is 3.39. The standard InChI is InChI=1S/C30H31F5N6O3S/c1-4-29(31,32)17-39-12-13-40(45(44)24-6-5-10-36-27(24)39)16-21-14-20(8-7-18(21)2)23(15-25(42)43)22-9-11-41-26(19(22)3)37-38-28(41)30(33,34)35/h5-11,14,23H,4,12-13,15-17H2,1-3H3,(H,42,43). The Labute approximate surface area is 258 Å². The summed E-state index contributed by atoms with van der Waals surface area (Å²) in [6.07, 6.45) is -2.77. The van der Waals surface area contributed by atoms with Gasteiger partial charge in [0.15, 0.2) is 5.65 Å². The van der Waals surface area contributed by atoms with Crippen molar-refractivity contribution in [1.82, 2.24) is 23.9 Å². The lowest BCUT2D eigenvalue weighted by Gasteiger charge is -2.27. The number of rotatable bonds is 9. The molecule has 0 aliphatic carbocycles. The molecule has 240 valence electrons. The minimum atomic E-state index is -4.72. The first-order valence-electron chi connectivity index (χ1n) is 14.2. The highest BCUT2D eigenvalue weighted by molar-refractivity contribution is 7.82. The molecule has 0 saturated carbocycles. The van der Waals surface area contributed by atoms with E-state index >= 15 is 0 Å². The summed E-state index contributed by atoms with van der Waals surface area (Å²) < 4.78 is 85.4. The fourth-order valence-electron chi connectivity index (χ4n) is 5.52. The van der Waals surface area contributed by atoms with E-state index in [0.29, 0.717) is 21.6 Å². The first-order chi connectivity index (χ1) is 21.2. The molecule has 0 fully saturated rings. The van der Waals surface area contributed by atoms with Crippen molar-refractivity contribution in [2.24, 2.45) is 0 Å². The summed E-state index contributed by atoms with van der Waals surface area (Å²) in [7, 11) is -1.74. The van der Waals surface area contributed by atoms with Crippen LogP contribution in [0.4, 0.5) is 27.8 Å². The van der Waals surface area contributed by atoms with Crippen molar-refractivity contribution in [3.63, 3.8) is 0 Å². The molecule has 1 aromatic carbocycles. The molecule has 0 saturated heterocycles. The van der Waals surface area contributed by atoms with Crippen LogP contribution < -0.4 is 4.90 Å². The Morgan fingerprint density at radius 2 is 1.84 bits per heavy atom. The minimum Gasteiger partial charge on any atom is -0.481 e. The first kappa shape index (κ1) is 32.4. The van der Waals surface area contributed by atoms with E-state index in [9.17, 15) is 36.1 Å². The molecule has 0 bridgehead atoms. The number of aromatic nitrogens is 4. The fraction of sp³-hybridized carbons (Fsp3) is 0.400. The van der Waals surface area contributed by atoms with Gasteiger partial charge >= 0.3 is 12.1 Å². The van der Waals surface area contributed by atoms with Crippen molar-refractivity contribution in [1.29, 1.82) is 0 Å². The molecule has 15 heteroatoms. The van der Waals surface area contributed by atoms with E-state index < -0.39 is 47.3 Å². The zero-order valence-electron chi connectivity index (χ0n) is 24.7. The van der Waals surface area contributed by atoms with E-state index in [1.807, 2.05) is 6.92 Å². The normalized spacial score (nSPS) is 16.9. The molecule has 45 heavy (non-hydrogen) atoms. The number of halogens is 5. The third-order valence-corrected chi connectivity index (χ3v) is 9.50. The molecule has 1 aliphatic rings. The fourth-order valence-corrected chi connectivity index (χ4v) is 6.83. The number of hydrogen-bond donors (Lipinski definition) is 1. The summed E-state index contributed by atoms with van der Waals surface area (Å²) >= 11 is 0. The van der Waals surface area contributed by atoms with Crippen LogP contribution in [-0.2, 0) is 28.5 Å². The van der Waals surface area contributed by atoms with Crippen LogP contribution in [0.1, 0.15) is 59.3 Å². The Balaban J connectivity index is 1.49. The van der Waals surface area contributed by atoms with Crippen molar-refractivity contribution >= 4 is 28.4 Å². The van der Waals surface area contributed by atoms with Crippen LogP contribution in [0.3, 0.4) is 0 Å². The van der Waals surface area contributed by atoms with Crippen LogP contribution in [0.25, 0.3) is 5.65 Å². The van der Waals surface area contributed by atoms with Gasteiger partial charge in [-0.3, -0.25) is 9.20 Å². The number of hydrogen-bond acceptors (Lipinski definition) is 6. The number of nitrogens with zero attached hydrogens (tertiary/aromatic N) is 6. The van der Waals surface area contributed by atoms with Crippen molar-refractivity contribution in [2.75, 3.05) is 24.5 Å². The topological polar surface area (TPSA) is 104 Å². The largest absolute Gasteiger partial charge is 0.481 e. The SMILES string of the molecule is CCC(F)(F)CN1CCN(Cc2cc(C(CC(=O)O)c3ccn4c(C(F)(F)F)nnc4c3C)ccc2C)S(=O)c2cccnc21. The van der Waals surface area contributed by atoms with Gasteiger partial charge in [-0.25, -0.2) is 22.3 Å². The maximum absolute atomic E-state index is 14.4. The summed E-state index contributed by atoms with van der Waals surface area (Å²) in [6.45, 7) is 4.77. The highest BCUT2D eigenvalue weighted by atomic mass is 32.2. The predicted molar refractivity (Wildman–Crippen MR) is 157 cm³/mol. The Morgan fingerprint density at radius 1 is 1.09 bits per heavy atom. The summed E-state index contributed by atoms with van der Waals surface area (Å²) in [6, 6.07) is 10.0. The van der Waals surface area contributed by atoms with E-state index in [1.54, 1.807) is 41.6 Å². The molecule has 2 unspecified atom stereocenters. The van der Waals surface area contributed by atoms with Crippen molar-refractivity contribution in [3.8, 4) is 0 Å². The number of aliphatic carboxylic acids is 1. The minimum absolute atomic E-state index is 0.0343. The Morgan fingerprint density at radius 3 is 2.53 bits per heavy atom. The van der Waals surface area contributed by atoms with Gasteiger partial charge in [-0.1, -0.05) is 25.1 Å². The summed E-state index contributed by atoms with van der Waals surface area (Å²) in [5.74, 6) is -5.76. The highest BCUT2D eigenvalue weighted by Crippen LogP contribution is 2.36. The zero-order valence-corrected chi connectivity index (χ0v) is 25.5. The first-order valence-corrected chi connectivity index (χ1v) is 15.3. The molecular formula is C30H31F5N6O3S. The Hall–Kier alpha value is -3.98. The van der Waals surface area contributed by atoms with Crippen molar-refractivity contribution < 1.29 is 36.1 Å². The van der Waals surface area contributed by atoms with Gasteiger partial charge in [-0.05, 0) is 59.9 Å². The summed E-state index contributed by atoms with van der Waals surface area (Å²) in [5, 5.41) is 16.8. The van der Waals surface area contributed by atoms with Crippen molar-refractivity contribution in [3.05, 3.63) is 82.4 Å². The second kappa shape index (κ2) is 12.4. The predicted octanol–water partition coefficient (Wildman–Crippen LogP) is 5.76. The maximum atomic E-state index is 14.4. The molecule has 0 spiro atoms. The Bertz CT molecular complexity index is 1760. The van der Waals surface area contributed by atoms with Gasteiger partial charge in [0.05, 0.1) is 17.9 Å². The summed E-state index contributed by atoms with van der Waals surface area (Å²) in [5.41, 5.74) is 2.95. The number of aryl methyl sites for hydroxylation is 2. The van der Waals surface area contributed by atoms with Crippen LogP contribution >= 0.6 is 0 Å². The van der Waals surface area contributed by atoms with Crippen molar-refractivity contribution in [2.45, 2.75) is 63.1 Å². The lowest BCUT2D eigenvalue weighted by atomic mass is 9.85. The monoisotopic (exact) mass is 650 g/mol. The molecule has 0 amide bonds. The quantitative estimate of drug-likeness (QED) is 0.230. The van der Waals surface area contributed by atoms with Crippen LogP contribution in [0.15, 0.2) is 53.7 Å². The van der Waals surface area contributed by atoms with E-state index in [2.05, 4.69) is 15.2 Å². The molecule has 5 rings (SSSR count). The molecule has 4 heterocycles. The van der Waals surface area contributed by atoms with E-state index in [-0.39, 0.29) is 43.9 Å². The maximum Gasteiger partial charge on any atom is 0.452 e. The number of pyridine rings is 2. The third-order valence-electron chi connectivity index (χ3n) is 8.03. The van der Waals surface area contributed by atoms with Gasteiger partial charge < -0.3 is 10.0 Å². The van der Waals surface area contributed by atoms with E-state index in [4.69, 9.17) is 0 Å². The second-order valence-corrected chi connectivity index (χ2v) is 12.5. The molecule has 0 radical (unpaired) electrons. The zero-order chi connectivity index (χ0) is 32.7. The third kappa shape index (κ3) is 6.69. The number of carboxylic acid groups (broad SMARTS) is 1. The summed E-state index contributed by atoms with van der Waals surface area (Å²) in [4.78, 5) is 18.0. The van der Waals surface area contributed by atoms with Crippen LogP contribution in [0.5, 0.6) is 0 Å². The molecule has 1 aliphatic heterocycles. The number of carbonyl (C=O) groups is 1. The average molecular weight is 651 g/mol. The lowest BCUT2D eigenvalue weighted by Crippen LogP contribution is -2.40. The number of anilines is 1. The number of benzene rings is 1.